The van der Waals surface area contributed by atoms with Gasteiger partial charge in [0, 0.05) is 24.0 Å². The fourth-order valence-electron chi connectivity index (χ4n) is 3.35. The quantitative estimate of drug-likeness (QED) is 0.355. The Hall–Kier alpha value is -4.40. The van der Waals surface area contributed by atoms with Crippen molar-refractivity contribution in [1.82, 2.24) is 10.2 Å². The number of carbonyl (C=O) groups excluding carboxylic acids is 1. The Morgan fingerprint density at radius 3 is 2.00 bits per heavy atom. The third-order valence-corrected chi connectivity index (χ3v) is 5.16. The minimum Gasteiger partial charge on any atom is -0.475 e. The summed E-state index contributed by atoms with van der Waals surface area (Å²) < 4.78 is 63.5. The summed E-state index contributed by atoms with van der Waals surface area (Å²) in [5.74, 6) is -5.54. The van der Waals surface area contributed by atoms with Crippen molar-refractivity contribution in [1.29, 1.82) is 0 Å². The Morgan fingerprint density at radius 1 is 0.949 bits per heavy atom. The van der Waals surface area contributed by atoms with Gasteiger partial charge < -0.3 is 20.8 Å². The summed E-state index contributed by atoms with van der Waals surface area (Å²) in [7, 11) is 0. The molecule has 0 fully saturated rings. The standard InChI is InChI=1S/C20H20N4O.2C2HF3O2/c21-17(12-14-4-2-1-3-5-14)20(25)24-11-9-15-6-7-16(13-19(15)24)18-8-10-22-23-18;2*3-2(4,5)1(6)7/h1-8,10,13,17H,9,11-12,21H2,(H,22,23);2*(H,6,7)/t17-;;/m0../s1. The molecule has 5 N–H and O–H groups in total. The van der Waals surface area contributed by atoms with Gasteiger partial charge >= 0.3 is 24.3 Å². The number of hydrogen-bond donors (Lipinski definition) is 4. The molecular formula is C24H22F6N4O5. The van der Waals surface area contributed by atoms with Gasteiger partial charge in [-0.3, -0.25) is 9.89 Å². The summed E-state index contributed by atoms with van der Waals surface area (Å²) in [6.45, 7) is 0.684. The molecule has 0 radical (unpaired) electrons. The SMILES string of the molecule is N[C@@H](Cc1ccccc1)C(=O)N1CCc2ccc(-c3ccn[nH]3)cc21.O=C(O)C(F)(F)F.O=C(O)C(F)(F)F. The molecule has 0 aliphatic carbocycles. The number of aliphatic carboxylic acids is 2. The number of aromatic nitrogens is 2. The minimum atomic E-state index is -5.08. The molecule has 1 aliphatic rings. The zero-order chi connectivity index (χ0) is 29.4. The van der Waals surface area contributed by atoms with Crippen LogP contribution in [0.2, 0.25) is 0 Å². The summed E-state index contributed by atoms with van der Waals surface area (Å²) in [6, 6.07) is 17.5. The van der Waals surface area contributed by atoms with E-state index in [1.54, 1.807) is 6.20 Å². The van der Waals surface area contributed by atoms with Gasteiger partial charge in [0.2, 0.25) is 5.91 Å². The van der Waals surface area contributed by atoms with Crippen LogP contribution in [0.3, 0.4) is 0 Å². The predicted octanol–water partition coefficient (Wildman–Crippen LogP) is 3.80. The van der Waals surface area contributed by atoms with Gasteiger partial charge in [0.25, 0.3) is 0 Å². The maximum absolute atomic E-state index is 12.9. The number of hydrogen-bond acceptors (Lipinski definition) is 5. The summed E-state index contributed by atoms with van der Waals surface area (Å²) in [5.41, 5.74) is 11.4. The maximum Gasteiger partial charge on any atom is 0.490 e. The summed E-state index contributed by atoms with van der Waals surface area (Å²) in [4.78, 5) is 32.5. The van der Waals surface area contributed by atoms with Crippen LogP contribution in [0.15, 0.2) is 60.8 Å². The van der Waals surface area contributed by atoms with Crippen LogP contribution in [0.5, 0.6) is 0 Å². The molecule has 0 spiro atoms. The first-order valence-corrected chi connectivity index (χ1v) is 10.9. The lowest BCUT2D eigenvalue weighted by molar-refractivity contribution is -0.193. The highest BCUT2D eigenvalue weighted by Gasteiger charge is 2.39. The molecule has 1 aliphatic heterocycles. The van der Waals surface area contributed by atoms with E-state index in [9.17, 15) is 31.1 Å². The van der Waals surface area contributed by atoms with E-state index in [0.717, 1.165) is 28.9 Å². The summed E-state index contributed by atoms with van der Waals surface area (Å²) in [5, 5.41) is 21.2. The van der Waals surface area contributed by atoms with Crippen molar-refractivity contribution in [2.75, 3.05) is 11.4 Å². The van der Waals surface area contributed by atoms with E-state index < -0.39 is 30.3 Å². The number of halogens is 6. The third-order valence-electron chi connectivity index (χ3n) is 5.16. The van der Waals surface area contributed by atoms with E-state index >= 15 is 0 Å². The number of benzene rings is 2. The second kappa shape index (κ2) is 12.9. The van der Waals surface area contributed by atoms with Crippen LogP contribution in [0.1, 0.15) is 11.1 Å². The van der Waals surface area contributed by atoms with Crippen LogP contribution < -0.4 is 10.6 Å². The molecule has 1 aromatic heterocycles. The van der Waals surface area contributed by atoms with Crippen LogP contribution in [0.4, 0.5) is 32.0 Å². The Bertz CT molecular complexity index is 1240. The molecule has 0 saturated carbocycles. The first-order chi connectivity index (χ1) is 18.1. The van der Waals surface area contributed by atoms with Gasteiger partial charge in [0.15, 0.2) is 0 Å². The minimum absolute atomic E-state index is 0.0237. The van der Waals surface area contributed by atoms with E-state index in [4.69, 9.17) is 25.5 Å². The van der Waals surface area contributed by atoms with Crippen LogP contribution in [-0.2, 0) is 27.2 Å². The molecule has 3 aromatic rings. The summed E-state index contributed by atoms with van der Waals surface area (Å²) in [6.07, 6.45) is -7.03. The number of aromatic amines is 1. The van der Waals surface area contributed by atoms with Gasteiger partial charge in [0.05, 0.1) is 11.7 Å². The number of nitrogens with zero attached hydrogens (tertiary/aromatic N) is 2. The highest BCUT2D eigenvalue weighted by molar-refractivity contribution is 5.99. The van der Waals surface area contributed by atoms with E-state index in [2.05, 4.69) is 22.3 Å². The number of nitrogens with two attached hydrogens (primary N) is 1. The number of nitrogens with one attached hydrogen (secondary N) is 1. The number of amides is 1. The molecule has 0 unspecified atom stereocenters. The van der Waals surface area contributed by atoms with E-state index in [1.165, 1.54) is 5.56 Å². The molecule has 1 amide bonds. The molecule has 2 aromatic carbocycles. The zero-order valence-electron chi connectivity index (χ0n) is 19.8. The van der Waals surface area contributed by atoms with E-state index in [-0.39, 0.29) is 5.91 Å². The van der Waals surface area contributed by atoms with Crippen molar-refractivity contribution < 1.29 is 50.9 Å². The molecular weight excluding hydrogens is 538 g/mol. The molecule has 210 valence electrons. The first kappa shape index (κ1) is 30.8. The van der Waals surface area contributed by atoms with Crippen molar-refractivity contribution in [2.45, 2.75) is 31.2 Å². The number of H-pyrrole nitrogens is 1. The number of fused-ring (bicyclic) bond motifs is 1. The van der Waals surface area contributed by atoms with Crippen molar-refractivity contribution >= 4 is 23.5 Å². The average Bonchev–Trinajstić information content (AvgIpc) is 3.54. The zero-order valence-corrected chi connectivity index (χ0v) is 19.8. The predicted molar refractivity (Wildman–Crippen MR) is 126 cm³/mol. The van der Waals surface area contributed by atoms with Crippen molar-refractivity contribution in [2.24, 2.45) is 5.73 Å². The van der Waals surface area contributed by atoms with Crippen molar-refractivity contribution in [3.8, 4) is 11.3 Å². The fraction of sp³-hybridized carbons (Fsp3) is 0.250. The van der Waals surface area contributed by atoms with Crippen LogP contribution >= 0.6 is 0 Å². The smallest absolute Gasteiger partial charge is 0.475 e. The van der Waals surface area contributed by atoms with E-state index in [0.29, 0.717) is 13.0 Å². The number of carboxylic acid groups (broad SMARTS) is 2. The molecule has 9 nitrogen and oxygen atoms in total. The molecule has 1 atom stereocenters. The number of anilines is 1. The molecule has 0 saturated heterocycles. The van der Waals surface area contributed by atoms with Crippen LogP contribution in [0, 0.1) is 0 Å². The number of rotatable bonds is 4. The van der Waals surface area contributed by atoms with Gasteiger partial charge in [-0.1, -0.05) is 42.5 Å². The van der Waals surface area contributed by atoms with Gasteiger partial charge in [-0.2, -0.15) is 31.4 Å². The van der Waals surface area contributed by atoms with Crippen molar-refractivity contribution in [3.63, 3.8) is 0 Å². The van der Waals surface area contributed by atoms with Crippen LogP contribution in [-0.4, -0.2) is 63.2 Å². The first-order valence-electron chi connectivity index (χ1n) is 10.9. The largest absolute Gasteiger partial charge is 0.490 e. The Labute approximate surface area is 216 Å². The normalized spacial score (nSPS) is 13.3. The third kappa shape index (κ3) is 9.14. The Kier molecular flexibility index (Phi) is 10.2. The lowest BCUT2D eigenvalue weighted by atomic mass is 10.0. The fourth-order valence-corrected chi connectivity index (χ4v) is 3.35. The maximum atomic E-state index is 12.9. The van der Waals surface area contributed by atoms with Gasteiger partial charge in [-0.25, -0.2) is 9.59 Å². The number of alkyl halides is 6. The van der Waals surface area contributed by atoms with Crippen molar-refractivity contribution in [3.05, 3.63) is 71.9 Å². The van der Waals surface area contributed by atoms with Gasteiger partial charge in [0.1, 0.15) is 0 Å². The van der Waals surface area contributed by atoms with Gasteiger partial charge in [-0.05, 0) is 36.1 Å². The molecule has 0 bridgehead atoms. The molecule has 4 rings (SSSR count). The lowest BCUT2D eigenvalue weighted by Crippen LogP contribution is -2.44. The number of carbonyl (C=O) groups is 3. The molecule has 2 heterocycles. The van der Waals surface area contributed by atoms with Crippen LogP contribution in [0.25, 0.3) is 11.3 Å². The van der Waals surface area contributed by atoms with Gasteiger partial charge in [-0.15, -0.1) is 0 Å². The lowest BCUT2D eigenvalue weighted by Gasteiger charge is -2.22. The highest BCUT2D eigenvalue weighted by atomic mass is 19.4. The monoisotopic (exact) mass is 560 g/mol. The highest BCUT2D eigenvalue weighted by Crippen LogP contribution is 2.32. The Balaban J connectivity index is 0.000000317. The molecule has 39 heavy (non-hydrogen) atoms. The second-order valence-corrected chi connectivity index (χ2v) is 7.96. The second-order valence-electron chi connectivity index (χ2n) is 7.96. The average molecular weight is 560 g/mol. The molecule has 15 heteroatoms. The van der Waals surface area contributed by atoms with E-state index in [1.807, 2.05) is 47.4 Å². The topological polar surface area (TPSA) is 150 Å². The summed E-state index contributed by atoms with van der Waals surface area (Å²) >= 11 is 0. The number of carboxylic acids is 2. The Morgan fingerprint density at radius 2 is 1.51 bits per heavy atom.